The van der Waals surface area contributed by atoms with Gasteiger partial charge in [0.25, 0.3) is 0 Å². The third kappa shape index (κ3) is 5.11. The molecule has 0 radical (unpaired) electrons. The molecule has 0 bridgehead atoms. The molecule has 1 heterocycles. The van der Waals surface area contributed by atoms with E-state index in [1.165, 1.54) is 5.56 Å². The summed E-state index contributed by atoms with van der Waals surface area (Å²) in [6.45, 7) is 8.71. The maximum absolute atomic E-state index is 12.1. The highest BCUT2D eigenvalue weighted by Crippen LogP contribution is 2.28. The van der Waals surface area contributed by atoms with Crippen LogP contribution in [-0.4, -0.2) is 37.7 Å². The minimum Gasteiger partial charge on any atom is -0.378 e. The zero-order valence-corrected chi connectivity index (χ0v) is 13.9. The third-order valence-corrected chi connectivity index (χ3v) is 4.21. The van der Waals surface area contributed by atoms with Crippen LogP contribution in [0.15, 0.2) is 30.3 Å². The van der Waals surface area contributed by atoms with E-state index in [1.807, 2.05) is 6.07 Å². The van der Waals surface area contributed by atoms with E-state index < -0.39 is 0 Å². The standard InChI is InChI=1S/C18H28N2O2/c1-14(12-18(2,3)15-7-5-4-6-8-15)20-17(21)11-16-13-22-10-9-19-16/h4-8,14,16,19H,9-13H2,1-3H3,(H,20,21). The Hall–Kier alpha value is -1.39. The van der Waals surface area contributed by atoms with E-state index in [1.54, 1.807) is 0 Å². The first-order chi connectivity index (χ1) is 10.5. The van der Waals surface area contributed by atoms with Gasteiger partial charge in [0.1, 0.15) is 0 Å². The summed E-state index contributed by atoms with van der Waals surface area (Å²) in [6, 6.07) is 10.7. The molecule has 22 heavy (non-hydrogen) atoms. The van der Waals surface area contributed by atoms with E-state index in [0.29, 0.717) is 13.0 Å². The molecule has 2 N–H and O–H groups in total. The van der Waals surface area contributed by atoms with Crippen LogP contribution in [0.2, 0.25) is 0 Å². The SMILES string of the molecule is CC(CC(C)(C)c1ccccc1)NC(=O)CC1COCCN1. The predicted molar refractivity (Wildman–Crippen MR) is 88.9 cm³/mol. The molecule has 2 unspecified atom stereocenters. The fourth-order valence-corrected chi connectivity index (χ4v) is 3.13. The van der Waals surface area contributed by atoms with Gasteiger partial charge in [0, 0.05) is 25.0 Å². The number of amides is 1. The average molecular weight is 304 g/mol. The molecule has 1 aliphatic rings. The number of carbonyl (C=O) groups is 1. The molecule has 4 nitrogen and oxygen atoms in total. The van der Waals surface area contributed by atoms with Crippen LogP contribution in [0.25, 0.3) is 0 Å². The minimum atomic E-state index is 0.0418. The van der Waals surface area contributed by atoms with Crippen LogP contribution in [0.3, 0.4) is 0 Å². The number of carbonyl (C=O) groups excluding carboxylic acids is 1. The monoisotopic (exact) mass is 304 g/mol. The maximum Gasteiger partial charge on any atom is 0.221 e. The van der Waals surface area contributed by atoms with Gasteiger partial charge in [0.05, 0.1) is 13.2 Å². The molecule has 4 heteroatoms. The summed E-state index contributed by atoms with van der Waals surface area (Å²) in [5, 5.41) is 6.43. The first kappa shape index (κ1) is 17.0. The van der Waals surface area contributed by atoms with E-state index in [0.717, 1.165) is 19.6 Å². The van der Waals surface area contributed by atoms with Crippen molar-refractivity contribution in [3.63, 3.8) is 0 Å². The molecular formula is C18H28N2O2. The number of morpholine rings is 1. The fourth-order valence-electron chi connectivity index (χ4n) is 3.13. The fraction of sp³-hybridized carbons (Fsp3) is 0.611. The summed E-state index contributed by atoms with van der Waals surface area (Å²) in [7, 11) is 0. The van der Waals surface area contributed by atoms with Gasteiger partial charge in [-0.05, 0) is 24.3 Å². The van der Waals surface area contributed by atoms with Crippen molar-refractivity contribution in [2.75, 3.05) is 19.8 Å². The predicted octanol–water partition coefficient (Wildman–Crippen LogP) is 2.24. The molecule has 122 valence electrons. The number of hydrogen-bond donors (Lipinski definition) is 2. The van der Waals surface area contributed by atoms with Crippen molar-refractivity contribution in [1.82, 2.24) is 10.6 Å². The molecule has 2 atom stereocenters. The summed E-state index contributed by atoms with van der Waals surface area (Å²) < 4.78 is 5.38. The summed E-state index contributed by atoms with van der Waals surface area (Å²) in [5.41, 5.74) is 1.35. The lowest BCUT2D eigenvalue weighted by atomic mass is 9.79. The van der Waals surface area contributed by atoms with Gasteiger partial charge in [-0.1, -0.05) is 44.2 Å². The third-order valence-electron chi connectivity index (χ3n) is 4.21. The van der Waals surface area contributed by atoms with E-state index in [2.05, 4.69) is 55.7 Å². The summed E-state index contributed by atoms with van der Waals surface area (Å²) in [4.78, 5) is 12.1. The van der Waals surface area contributed by atoms with Gasteiger partial charge < -0.3 is 15.4 Å². The lowest BCUT2D eigenvalue weighted by Gasteiger charge is -2.30. The Morgan fingerprint density at radius 2 is 2.14 bits per heavy atom. The highest BCUT2D eigenvalue weighted by molar-refractivity contribution is 5.76. The zero-order valence-electron chi connectivity index (χ0n) is 13.9. The molecule has 1 amide bonds. The minimum absolute atomic E-state index is 0.0418. The van der Waals surface area contributed by atoms with Crippen LogP contribution in [0.1, 0.15) is 39.2 Å². The van der Waals surface area contributed by atoms with Gasteiger partial charge in [-0.2, -0.15) is 0 Å². The molecular weight excluding hydrogens is 276 g/mol. The Morgan fingerprint density at radius 3 is 2.77 bits per heavy atom. The Balaban J connectivity index is 1.81. The number of ether oxygens (including phenoxy) is 1. The van der Waals surface area contributed by atoms with E-state index >= 15 is 0 Å². The lowest BCUT2D eigenvalue weighted by Crippen LogP contribution is -2.46. The van der Waals surface area contributed by atoms with Crippen LogP contribution in [0.4, 0.5) is 0 Å². The van der Waals surface area contributed by atoms with Gasteiger partial charge >= 0.3 is 0 Å². The maximum atomic E-state index is 12.1. The zero-order chi connectivity index (χ0) is 16.0. The van der Waals surface area contributed by atoms with E-state index in [4.69, 9.17) is 4.74 Å². The molecule has 1 aromatic carbocycles. The summed E-state index contributed by atoms with van der Waals surface area (Å²) in [6.07, 6.45) is 1.40. The van der Waals surface area contributed by atoms with Gasteiger partial charge in [-0.3, -0.25) is 4.79 Å². The van der Waals surface area contributed by atoms with Crippen molar-refractivity contribution in [1.29, 1.82) is 0 Å². The van der Waals surface area contributed by atoms with Crippen LogP contribution in [0, 0.1) is 0 Å². The second kappa shape index (κ2) is 7.75. The van der Waals surface area contributed by atoms with Crippen LogP contribution >= 0.6 is 0 Å². The molecule has 2 rings (SSSR count). The first-order valence-corrected chi connectivity index (χ1v) is 8.13. The summed E-state index contributed by atoms with van der Waals surface area (Å²) in [5.74, 6) is 0.0966. The second-order valence-electron chi connectivity index (χ2n) is 6.85. The number of benzene rings is 1. The largest absolute Gasteiger partial charge is 0.378 e. The molecule has 1 aliphatic heterocycles. The first-order valence-electron chi connectivity index (χ1n) is 8.13. The van der Waals surface area contributed by atoms with E-state index in [9.17, 15) is 4.79 Å². The number of rotatable bonds is 6. The van der Waals surface area contributed by atoms with Crippen molar-refractivity contribution >= 4 is 5.91 Å². The highest BCUT2D eigenvalue weighted by atomic mass is 16.5. The normalized spacial score (nSPS) is 20.4. The average Bonchev–Trinajstić information content (AvgIpc) is 2.48. The molecule has 0 saturated carbocycles. The van der Waals surface area contributed by atoms with Crippen LogP contribution < -0.4 is 10.6 Å². The highest BCUT2D eigenvalue weighted by Gasteiger charge is 2.25. The molecule has 0 aromatic heterocycles. The van der Waals surface area contributed by atoms with Crippen molar-refractivity contribution < 1.29 is 9.53 Å². The Morgan fingerprint density at radius 1 is 1.41 bits per heavy atom. The topological polar surface area (TPSA) is 50.4 Å². The van der Waals surface area contributed by atoms with Crippen LogP contribution in [0.5, 0.6) is 0 Å². The molecule has 1 saturated heterocycles. The van der Waals surface area contributed by atoms with Gasteiger partial charge in [0.2, 0.25) is 5.91 Å². The molecule has 0 spiro atoms. The van der Waals surface area contributed by atoms with Gasteiger partial charge in [-0.25, -0.2) is 0 Å². The van der Waals surface area contributed by atoms with Crippen molar-refractivity contribution in [2.45, 2.75) is 51.1 Å². The van der Waals surface area contributed by atoms with Crippen molar-refractivity contribution in [3.8, 4) is 0 Å². The van der Waals surface area contributed by atoms with Crippen molar-refractivity contribution in [3.05, 3.63) is 35.9 Å². The lowest BCUT2D eigenvalue weighted by molar-refractivity contribution is -0.123. The Kier molecular flexibility index (Phi) is 5.98. The smallest absolute Gasteiger partial charge is 0.221 e. The second-order valence-corrected chi connectivity index (χ2v) is 6.85. The Labute approximate surface area is 133 Å². The molecule has 1 fully saturated rings. The number of hydrogen-bond acceptors (Lipinski definition) is 3. The quantitative estimate of drug-likeness (QED) is 0.847. The van der Waals surface area contributed by atoms with Gasteiger partial charge in [-0.15, -0.1) is 0 Å². The number of nitrogens with one attached hydrogen (secondary N) is 2. The van der Waals surface area contributed by atoms with Crippen LogP contribution in [-0.2, 0) is 14.9 Å². The molecule has 0 aliphatic carbocycles. The molecule has 1 aromatic rings. The van der Waals surface area contributed by atoms with E-state index in [-0.39, 0.29) is 23.4 Å². The van der Waals surface area contributed by atoms with Gasteiger partial charge in [0.15, 0.2) is 0 Å². The summed E-state index contributed by atoms with van der Waals surface area (Å²) >= 11 is 0. The van der Waals surface area contributed by atoms with Crippen molar-refractivity contribution in [2.24, 2.45) is 0 Å². The Bertz CT molecular complexity index is 467.